The zero-order valence-corrected chi connectivity index (χ0v) is 11.9. The maximum absolute atomic E-state index is 11.6. The Kier molecular flexibility index (Phi) is 3.96. The number of aromatic nitrogens is 5. The molecule has 0 aromatic carbocycles. The Labute approximate surface area is 126 Å². The molecule has 0 radical (unpaired) electrons. The van der Waals surface area contributed by atoms with Crippen molar-refractivity contribution in [3.8, 4) is 5.95 Å². The van der Waals surface area contributed by atoms with Gasteiger partial charge in [0.25, 0.3) is 5.95 Å². The first-order chi connectivity index (χ1) is 10.2. The molecule has 2 heterocycles. The number of rotatable bonds is 6. The van der Waals surface area contributed by atoms with E-state index in [1.54, 1.807) is 18.5 Å². The molecule has 1 aliphatic rings. The first-order valence-electron chi connectivity index (χ1n) is 6.65. The van der Waals surface area contributed by atoms with Crippen LogP contribution in [0.1, 0.15) is 19.3 Å². The molecule has 2 aromatic heterocycles. The standard InChI is InChI=1S/C12H14ClN7O/c13-10-17-11(14-6-4-9(21)16-8-2-3-8)19-12(18-10)20-7-1-5-15-20/h1,5,7-8H,2-4,6H2,(H,16,21)(H,14,17,18,19). The molecule has 1 saturated carbocycles. The first kappa shape index (κ1) is 13.7. The lowest BCUT2D eigenvalue weighted by Gasteiger charge is -2.07. The van der Waals surface area contributed by atoms with Crippen LogP contribution in [-0.4, -0.2) is 43.2 Å². The predicted octanol–water partition coefficient (Wildman–Crippen LogP) is 0.791. The molecule has 0 spiro atoms. The van der Waals surface area contributed by atoms with Gasteiger partial charge in [-0.2, -0.15) is 20.1 Å². The molecule has 0 saturated heterocycles. The van der Waals surface area contributed by atoms with E-state index >= 15 is 0 Å². The summed E-state index contributed by atoms with van der Waals surface area (Å²) in [6, 6.07) is 2.13. The van der Waals surface area contributed by atoms with E-state index in [0.29, 0.717) is 30.9 Å². The largest absolute Gasteiger partial charge is 0.354 e. The molecule has 8 nitrogen and oxygen atoms in total. The number of carbonyl (C=O) groups is 1. The van der Waals surface area contributed by atoms with E-state index in [4.69, 9.17) is 11.6 Å². The highest BCUT2D eigenvalue weighted by Gasteiger charge is 2.22. The van der Waals surface area contributed by atoms with Crippen LogP contribution in [0.25, 0.3) is 5.95 Å². The SMILES string of the molecule is O=C(CCNc1nc(Cl)nc(-n2cccn2)n1)NC1CC1. The second kappa shape index (κ2) is 6.04. The van der Waals surface area contributed by atoms with Crippen LogP contribution in [0, 0.1) is 0 Å². The minimum absolute atomic E-state index is 0.0254. The third-order valence-corrected chi connectivity index (χ3v) is 3.05. The summed E-state index contributed by atoms with van der Waals surface area (Å²) in [4.78, 5) is 23.7. The molecule has 1 amide bonds. The average molecular weight is 308 g/mol. The second-order valence-electron chi connectivity index (χ2n) is 4.70. The van der Waals surface area contributed by atoms with E-state index in [0.717, 1.165) is 12.8 Å². The van der Waals surface area contributed by atoms with Crippen molar-refractivity contribution in [2.45, 2.75) is 25.3 Å². The fourth-order valence-corrected chi connectivity index (χ4v) is 1.88. The van der Waals surface area contributed by atoms with Crippen molar-refractivity contribution in [3.63, 3.8) is 0 Å². The third-order valence-electron chi connectivity index (χ3n) is 2.88. The van der Waals surface area contributed by atoms with Crippen molar-refractivity contribution < 1.29 is 4.79 Å². The van der Waals surface area contributed by atoms with Gasteiger partial charge in [-0.15, -0.1) is 0 Å². The van der Waals surface area contributed by atoms with Gasteiger partial charge in [0.2, 0.25) is 17.1 Å². The molecule has 0 unspecified atom stereocenters. The highest BCUT2D eigenvalue weighted by molar-refractivity contribution is 6.28. The van der Waals surface area contributed by atoms with Crippen LogP contribution >= 0.6 is 11.6 Å². The topological polar surface area (TPSA) is 97.6 Å². The van der Waals surface area contributed by atoms with Gasteiger partial charge in [0.1, 0.15) is 0 Å². The summed E-state index contributed by atoms with van der Waals surface area (Å²) in [5, 5.41) is 9.98. The number of anilines is 1. The Morgan fingerprint density at radius 3 is 2.95 bits per heavy atom. The number of nitrogens with zero attached hydrogens (tertiary/aromatic N) is 5. The van der Waals surface area contributed by atoms with Crippen LogP contribution in [0.5, 0.6) is 0 Å². The molecule has 2 N–H and O–H groups in total. The van der Waals surface area contributed by atoms with Crippen molar-refractivity contribution in [2.24, 2.45) is 0 Å². The van der Waals surface area contributed by atoms with Gasteiger partial charge >= 0.3 is 0 Å². The van der Waals surface area contributed by atoms with Crippen LogP contribution in [0.4, 0.5) is 5.95 Å². The summed E-state index contributed by atoms with van der Waals surface area (Å²) in [6.45, 7) is 0.428. The minimum atomic E-state index is 0.0254. The van der Waals surface area contributed by atoms with E-state index in [2.05, 4.69) is 30.7 Å². The zero-order valence-electron chi connectivity index (χ0n) is 11.2. The average Bonchev–Trinajstić information content (AvgIpc) is 3.08. The Bertz CT molecular complexity index is 627. The monoisotopic (exact) mass is 307 g/mol. The lowest BCUT2D eigenvalue weighted by Crippen LogP contribution is -2.27. The van der Waals surface area contributed by atoms with E-state index in [9.17, 15) is 4.79 Å². The number of amides is 1. The zero-order chi connectivity index (χ0) is 14.7. The lowest BCUT2D eigenvalue weighted by molar-refractivity contribution is -0.120. The summed E-state index contributed by atoms with van der Waals surface area (Å²) >= 11 is 5.86. The lowest BCUT2D eigenvalue weighted by atomic mass is 10.4. The van der Waals surface area contributed by atoms with E-state index < -0.39 is 0 Å². The van der Waals surface area contributed by atoms with Crippen molar-refractivity contribution >= 4 is 23.5 Å². The van der Waals surface area contributed by atoms with E-state index in [1.165, 1.54) is 4.68 Å². The van der Waals surface area contributed by atoms with Crippen LogP contribution in [0.3, 0.4) is 0 Å². The van der Waals surface area contributed by atoms with Crippen LogP contribution in [0.15, 0.2) is 18.5 Å². The number of hydrogen-bond donors (Lipinski definition) is 2. The fourth-order valence-electron chi connectivity index (χ4n) is 1.72. The van der Waals surface area contributed by atoms with E-state index in [-0.39, 0.29) is 11.2 Å². The first-order valence-corrected chi connectivity index (χ1v) is 7.03. The van der Waals surface area contributed by atoms with Gasteiger partial charge in [0.15, 0.2) is 0 Å². The Morgan fingerprint density at radius 2 is 2.24 bits per heavy atom. The van der Waals surface area contributed by atoms with Gasteiger partial charge in [-0.05, 0) is 30.5 Å². The summed E-state index contributed by atoms with van der Waals surface area (Å²) in [5.74, 6) is 0.669. The summed E-state index contributed by atoms with van der Waals surface area (Å²) in [6.07, 6.45) is 5.84. The van der Waals surface area contributed by atoms with Crippen molar-refractivity contribution in [1.82, 2.24) is 30.0 Å². The molecule has 0 atom stereocenters. The molecule has 110 valence electrons. The molecule has 1 fully saturated rings. The molecule has 0 bridgehead atoms. The Hall–Kier alpha value is -2.22. The second-order valence-corrected chi connectivity index (χ2v) is 5.04. The molecule has 3 rings (SSSR count). The third kappa shape index (κ3) is 3.88. The highest BCUT2D eigenvalue weighted by Crippen LogP contribution is 2.18. The van der Waals surface area contributed by atoms with Crippen LogP contribution in [0.2, 0.25) is 5.28 Å². The van der Waals surface area contributed by atoms with Gasteiger partial charge in [-0.1, -0.05) is 0 Å². The normalized spacial score (nSPS) is 14.0. The summed E-state index contributed by atoms with van der Waals surface area (Å²) in [7, 11) is 0. The number of carbonyl (C=O) groups excluding carboxylic acids is 1. The van der Waals surface area contributed by atoms with Crippen LogP contribution in [-0.2, 0) is 4.79 Å². The van der Waals surface area contributed by atoms with Gasteiger partial charge in [-0.25, -0.2) is 4.68 Å². The number of hydrogen-bond acceptors (Lipinski definition) is 6. The maximum atomic E-state index is 11.6. The molecule has 21 heavy (non-hydrogen) atoms. The quantitative estimate of drug-likeness (QED) is 0.819. The van der Waals surface area contributed by atoms with Crippen LogP contribution < -0.4 is 10.6 Å². The molecular formula is C12H14ClN7O. The number of nitrogens with one attached hydrogen (secondary N) is 2. The van der Waals surface area contributed by atoms with Crippen molar-refractivity contribution in [1.29, 1.82) is 0 Å². The highest BCUT2D eigenvalue weighted by atomic mass is 35.5. The molecule has 0 aliphatic heterocycles. The molecular weight excluding hydrogens is 294 g/mol. The van der Waals surface area contributed by atoms with Gasteiger partial charge in [0, 0.05) is 31.4 Å². The molecule has 1 aliphatic carbocycles. The summed E-state index contributed by atoms with van der Waals surface area (Å²) < 4.78 is 1.48. The Balaban J connectivity index is 1.58. The smallest absolute Gasteiger partial charge is 0.256 e. The summed E-state index contributed by atoms with van der Waals surface area (Å²) in [5.41, 5.74) is 0. The van der Waals surface area contributed by atoms with Gasteiger partial charge in [0.05, 0.1) is 0 Å². The van der Waals surface area contributed by atoms with Gasteiger partial charge in [-0.3, -0.25) is 4.79 Å². The molecule has 9 heteroatoms. The van der Waals surface area contributed by atoms with Crippen molar-refractivity contribution in [3.05, 3.63) is 23.7 Å². The maximum Gasteiger partial charge on any atom is 0.256 e. The fraction of sp³-hybridized carbons (Fsp3) is 0.417. The minimum Gasteiger partial charge on any atom is -0.354 e. The van der Waals surface area contributed by atoms with Crippen molar-refractivity contribution in [2.75, 3.05) is 11.9 Å². The van der Waals surface area contributed by atoms with E-state index in [1.807, 2.05) is 0 Å². The van der Waals surface area contributed by atoms with Gasteiger partial charge < -0.3 is 10.6 Å². The molecule has 2 aromatic rings. The predicted molar refractivity (Wildman–Crippen MR) is 76.2 cm³/mol. The number of halogens is 1. The Morgan fingerprint density at radius 1 is 1.38 bits per heavy atom.